The van der Waals surface area contributed by atoms with E-state index in [1.54, 1.807) is 25.4 Å². The lowest BCUT2D eigenvalue weighted by atomic mass is 9.80. The zero-order valence-corrected chi connectivity index (χ0v) is 18.2. The molecular formula is C21H28BN3O5. The Morgan fingerprint density at radius 2 is 2.03 bits per heavy atom. The summed E-state index contributed by atoms with van der Waals surface area (Å²) in [6.45, 7) is 11.4. The molecule has 0 amide bonds. The molecule has 4 rings (SSSR count). The van der Waals surface area contributed by atoms with Crippen molar-refractivity contribution in [2.75, 3.05) is 19.7 Å². The fourth-order valence-electron chi connectivity index (χ4n) is 3.87. The summed E-state index contributed by atoms with van der Waals surface area (Å²) in [6, 6.07) is 1.84. The summed E-state index contributed by atoms with van der Waals surface area (Å²) >= 11 is 0. The summed E-state index contributed by atoms with van der Waals surface area (Å²) in [5.74, 6) is -0.620. The van der Waals surface area contributed by atoms with Crippen LogP contribution in [0.3, 0.4) is 0 Å². The van der Waals surface area contributed by atoms with E-state index in [0.29, 0.717) is 16.5 Å². The molecule has 0 bridgehead atoms. The first kappa shape index (κ1) is 21.0. The lowest BCUT2D eigenvalue weighted by Crippen LogP contribution is -2.41. The van der Waals surface area contributed by atoms with Gasteiger partial charge in [-0.05, 0) is 53.7 Å². The molecule has 0 saturated carbocycles. The van der Waals surface area contributed by atoms with E-state index in [-0.39, 0.29) is 18.2 Å². The minimum atomic E-state index is -0.640. The van der Waals surface area contributed by atoms with Gasteiger partial charge in [0.25, 0.3) is 0 Å². The number of rotatable bonds is 4. The van der Waals surface area contributed by atoms with Crippen LogP contribution >= 0.6 is 0 Å². The maximum Gasteiger partial charge on any atom is 0.496 e. The van der Waals surface area contributed by atoms with Crippen molar-refractivity contribution in [3.05, 3.63) is 34.2 Å². The Balaban J connectivity index is 1.85. The molecule has 9 heteroatoms. The first-order chi connectivity index (χ1) is 14.1. The van der Waals surface area contributed by atoms with Gasteiger partial charge >= 0.3 is 13.1 Å². The summed E-state index contributed by atoms with van der Waals surface area (Å²) in [4.78, 5) is 30.2. The molecule has 8 nitrogen and oxygen atoms in total. The van der Waals surface area contributed by atoms with Gasteiger partial charge in [0.2, 0.25) is 5.43 Å². The second kappa shape index (κ2) is 7.48. The van der Waals surface area contributed by atoms with Crippen molar-refractivity contribution < 1.29 is 18.8 Å². The minimum absolute atomic E-state index is 0.0177. The maximum absolute atomic E-state index is 13.2. The highest BCUT2D eigenvalue weighted by Gasteiger charge is 2.52. The predicted octanol–water partition coefficient (Wildman–Crippen LogP) is 1.41. The first-order valence-electron chi connectivity index (χ1n) is 10.4. The van der Waals surface area contributed by atoms with Gasteiger partial charge in [-0.3, -0.25) is 4.79 Å². The highest BCUT2D eigenvalue weighted by atomic mass is 16.7. The molecule has 0 unspecified atom stereocenters. The molecule has 0 aromatic carbocycles. The van der Waals surface area contributed by atoms with Crippen molar-refractivity contribution >= 4 is 29.6 Å². The van der Waals surface area contributed by atoms with Crippen molar-refractivity contribution in [2.45, 2.75) is 58.3 Å². The molecule has 30 heavy (non-hydrogen) atoms. The van der Waals surface area contributed by atoms with E-state index in [1.807, 2.05) is 32.3 Å². The average Bonchev–Trinajstić information content (AvgIpc) is 3.28. The van der Waals surface area contributed by atoms with Crippen LogP contribution in [0, 0.1) is 0 Å². The van der Waals surface area contributed by atoms with Crippen molar-refractivity contribution in [1.82, 2.24) is 14.9 Å². The number of nitrogens with one attached hydrogen (secondary N) is 1. The number of aromatic nitrogens is 2. The molecule has 1 N–H and O–H groups in total. The Kier molecular flexibility index (Phi) is 5.24. The van der Waals surface area contributed by atoms with E-state index in [4.69, 9.17) is 14.0 Å². The lowest BCUT2D eigenvalue weighted by Gasteiger charge is -2.32. The van der Waals surface area contributed by atoms with Crippen LogP contribution in [0.5, 0.6) is 0 Å². The Morgan fingerprint density at radius 1 is 1.33 bits per heavy atom. The summed E-state index contributed by atoms with van der Waals surface area (Å²) < 4.78 is 19.3. The van der Waals surface area contributed by atoms with Crippen molar-refractivity contribution in [3.63, 3.8) is 0 Å². The summed E-state index contributed by atoms with van der Waals surface area (Å²) in [7, 11) is -0.640. The third-order valence-corrected chi connectivity index (χ3v) is 6.34. The van der Waals surface area contributed by atoms with Crippen LogP contribution in [-0.2, 0) is 14.0 Å². The Hall–Kier alpha value is -2.23. The number of carbonyl (C=O) groups is 1. The van der Waals surface area contributed by atoms with Crippen LogP contribution in [0.15, 0.2) is 23.3 Å². The Morgan fingerprint density at radius 3 is 2.63 bits per heavy atom. The van der Waals surface area contributed by atoms with Crippen LogP contribution in [0.4, 0.5) is 0 Å². The number of esters is 1. The molecule has 0 spiro atoms. The molecule has 2 fully saturated rings. The van der Waals surface area contributed by atoms with E-state index < -0.39 is 29.7 Å². The fourth-order valence-corrected chi connectivity index (χ4v) is 3.87. The molecule has 1 atom stereocenters. The van der Waals surface area contributed by atoms with Gasteiger partial charge in [0.1, 0.15) is 11.2 Å². The van der Waals surface area contributed by atoms with Crippen LogP contribution in [0.25, 0.3) is 11.0 Å². The normalized spacial score (nSPS) is 22.6. The van der Waals surface area contributed by atoms with E-state index >= 15 is 0 Å². The molecule has 160 valence electrons. The van der Waals surface area contributed by atoms with Crippen LogP contribution in [0.1, 0.15) is 57.4 Å². The minimum Gasteiger partial charge on any atom is -0.462 e. The smallest absolute Gasteiger partial charge is 0.462 e. The number of carbonyl (C=O) groups excluding carboxylic acids is 1. The molecule has 2 aliphatic rings. The van der Waals surface area contributed by atoms with Gasteiger partial charge in [-0.1, -0.05) is 0 Å². The van der Waals surface area contributed by atoms with E-state index in [1.165, 1.54) is 0 Å². The second-order valence-electron chi connectivity index (χ2n) is 8.87. The number of ether oxygens (including phenoxy) is 1. The predicted molar refractivity (Wildman–Crippen MR) is 114 cm³/mol. The Bertz CT molecular complexity index is 1030. The zero-order chi connectivity index (χ0) is 21.7. The SMILES string of the molecule is CCOC(=O)c1cn([C@H]2CCNC2)c2ncc(B3OC(C)(C)C(C)(C)O3)cc2c1=O. The number of fused-ring (bicyclic) bond motifs is 1. The van der Waals surface area contributed by atoms with Crippen molar-refractivity contribution in [3.8, 4) is 0 Å². The lowest BCUT2D eigenvalue weighted by molar-refractivity contribution is 0.00578. The van der Waals surface area contributed by atoms with Gasteiger partial charge in [-0.2, -0.15) is 0 Å². The van der Waals surface area contributed by atoms with Crippen molar-refractivity contribution in [1.29, 1.82) is 0 Å². The number of hydrogen-bond acceptors (Lipinski definition) is 7. The average molecular weight is 413 g/mol. The first-order valence-corrected chi connectivity index (χ1v) is 10.4. The summed E-state index contributed by atoms with van der Waals surface area (Å²) in [5, 5.41) is 3.68. The number of hydrogen-bond donors (Lipinski definition) is 1. The van der Waals surface area contributed by atoms with Crippen LogP contribution < -0.4 is 16.2 Å². The van der Waals surface area contributed by atoms with Crippen LogP contribution in [-0.4, -0.2) is 53.5 Å². The molecule has 2 aliphatic heterocycles. The topological polar surface area (TPSA) is 91.7 Å². The molecule has 2 saturated heterocycles. The van der Waals surface area contributed by atoms with Gasteiger partial charge in [-0.25, -0.2) is 9.78 Å². The zero-order valence-electron chi connectivity index (χ0n) is 18.2. The fraction of sp³-hybridized carbons (Fsp3) is 0.571. The molecule has 0 aliphatic carbocycles. The third kappa shape index (κ3) is 3.44. The van der Waals surface area contributed by atoms with Gasteiger partial charge < -0.3 is 23.9 Å². The van der Waals surface area contributed by atoms with Gasteiger partial charge in [0.15, 0.2) is 0 Å². The molecule has 2 aromatic heterocycles. The van der Waals surface area contributed by atoms with E-state index in [9.17, 15) is 9.59 Å². The van der Waals surface area contributed by atoms with Crippen LogP contribution in [0.2, 0.25) is 0 Å². The molecular weight excluding hydrogens is 385 g/mol. The quantitative estimate of drug-likeness (QED) is 0.599. The monoisotopic (exact) mass is 413 g/mol. The maximum atomic E-state index is 13.2. The van der Waals surface area contributed by atoms with Gasteiger partial charge in [0.05, 0.1) is 23.2 Å². The largest absolute Gasteiger partial charge is 0.496 e. The van der Waals surface area contributed by atoms with Gasteiger partial charge in [0, 0.05) is 30.4 Å². The van der Waals surface area contributed by atoms with E-state index in [2.05, 4.69) is 10.3 Å². The standard InChI is InChI=1S/C21H28BN3O5/c1-6-28-19(27)16-12-25(14-7-8-23-11-14)18-15(17(16)26)9-13(10-24-18)22-29-20(2,3)21(4,5)30-22/h9-10,12,14,23H,6-8,11H2,1-5H3/t14-/m0/s1. The van der Waals surface area contributed by atoms with E-state index in [0.717, 1.165) is 19.5 Å². The highest BCUT2D eigenvalue weighted by molar-refractivity contribution is 6.62. The third-order valence-electron chi connectivity index (χ3n) is 6.34. The summed E-state index contributed by atoms with van der Waals surface area (Å²) in [6.07, 6.45) is 4.16. The molecule has 4 heterocycles. The summed E-state index contributed by atoms with van der Waals surface area (Å²) in [5.41, 5.74) is -0.192. The molecule has 2 aromatic rings. The highest BCUT2D eigenvalue weighted by Crippen LogP contribution is 2.36. The Labute approximate surface area is 176 Å². The number of pyridine rings is 2. The number of nitrogens with zero attached hydrogens (tertiary/aromatic N) is 2. The van der Waals surface area contributed by atoms with Crippen molar-refractivity contribution in [2.24, 2.45) is 0 Å². The van der Waals surface area contributed by atoms with Gasteiger partial charge in [-0.15, -0.1) is 0 Å². The molecule has 0 radical (unpaired) electrons. The second-order valence-corrected chi connectivity index (χ2v) is 8.87.